The second-order valence-electron chi connectivity index (χ2n) is 4.84. The first-order valence-corrected chi connectivity index (χ1v) is 7.25. The van der Waals surface area contributed by atoms with Crippen LogP contribution in [0.2, 0.25) is 5.02 Å². The average molecular weight is 348 g/mol. The van der Waals surface area contributed by atoms with Crippen molar-refractivity contribution in [1.29, 1.82) is 0 Å². The summed E-state index contributed by atoms with van der Waals surface area (Å²) < 4.78 is 14.7. The van der Waals surface area contributed by atoms with E-state index in [9.17, 15) is 14.0 Å². The minimum absolute atomic E-state index is 0.333. The molecule has 0 aliphatic heterocycles. The van der Waals surface area contributed by atoms with Crippen LogP contribution in [0.5, 0.6) is 0 Å². The molecule has 1 heterocycles. The highest BCUT2D eigenvalue weighted by atomic mass is 35.5. The maximum absolute atomic E-state index is 12.8. The van der Waals surface area contributed by atoms with E-state index in [0.29, 0.717) is 16.4 Å². The summed E-state index contributed by atoms with van der Waals surface area (Å²) in [5.74, 6) is -0.901. The molecule has 1 N–H and O–H groups in total. The van der Waals surface area contributed by atoms with Gasteiger partial charge in [0.1, 0.15) is 12.4 Å². The van der Waals surface area contributed by atoms with Gasteiger partial charge in [-0.1, -0.05) is 23.7 Å². The summed E-state index contributed by atoms with van der Waals surface area (Å²) in [6.45, 7) is -0.333. The Morgan fingerprint density at radius 2 is 1.83 bits per heavy atom. The zero-order valence-electron chi connectivity index (χ0n) is 12.2. The molecule has 0 aliphatic carbocycles. The van der Waals surface area contributed by atoms with Gasteiger partial charge in [-0.2, -0.15) is 9.36 Å². The van der Waals surface area contributed by atoms with Crippen LogP contribution >= 0.6 is 11.6 Å². The second kappa shape index (κ2) is 6.63. The number of tetrazole rings is 1. The lowest BCUT2D eigenvalue weighted by Gasteiger charge is -2.04. The first-order valence-electron chi connectivity index (χ1n) is 6.88. The van der Waals surface area contributed by atoms with E-state index in [2.05, 4.69) is 15.7 Å². The summed E-state index contributed by atoms with van der Waals surface area (Å²) in [6, 6.07) is 11.9. The van der Waals surface area contributed by atoms with E-state index < -0.39 is 17.4 Å². The molecule has 0 spiro atoms. The van der Waals surface area contributed by atoms with Crippen molar-refractivity contribution in [3.8, 4) is 5.69 Å². The SMILES string of the molecule is O=C(Cn1nnn(-c2ccccc2Cl)c1=O)Nc1ccc(F)cc1. The molecule has 0 atom stereocenters. The van der Waals surface area contributed by atoms with Gasteiger partial charge in [0.25, 0.3) is 0 Å². The molecule has 0 saturated carbocycles. The molecular weight excluding hydrogens is 337 g/mol. The number of anilines is 1. The average Bonchev–Trinajstić information content (AvgIpc) is 2.91. The maximum Gasteiger partial charge on any atom is 0.369 e. The summed E-state index contributed by atoms with van der Waals surface area (Å²) in [5.41, 5.74) is 0.180. The van der Waals surface area contributed by atoms with Crippen molar-refractivity contribution < 1.29 is 9.18 Å². The second-order valence-corrected chi connectivity index (χ2v) is 5.24. The van der Waals surface area contributed by atoms with Crippen LogP contribution in [-0.4, -0.2) is 25.7 Å². The van der Waals surface area contributed by atoms with Crippen LogP contribution in [-0.2, 0) is 11.3 Å². The van der Waals surface area contributed by atoms with Crippen molar-refractivity contribution >= 4 is 23.2 Å². The summed E-state index contributed by atoms with van der Waals surface area (Å²) in [7, 11) is 0. The van der Waals surface area contributed by atoms with Gasteiger partial charge >= 0.3 is 5.69 Å². The number of nitrogens with one attached hydrogen (secondary N) is 1. The topological polar surface area (TPSA) is 81.8 Å². The van der Waals surface area contributed by atoms with Crippen LogP contribution in [0.1, 0.15) is 0 Å². The molecule has 0 unspecified atom stereocenters. The summed E-state index contributed by atoms with van der Waals surface area (Å²) >= 11 is 6.02. The Morgan fingerprint density at radius 3 is 2.54 bits per heavy atom. The predicted molar refractivity (Wildman–Crippen MR) is 85.7 cm³/mol. The summed E-state index contributed by atoms with van der Waals surface area (Å²) in [6.07, 6.45) is 0. The van der Waals surface area contributed by atoms with Gasteiger partial charge in [0, 0.05) is 5.69 Å². The Hall–Kier alpha value is -3.00. The van der Waals surface area contributed by atoms with E-state index in [0.717, 1.165) is 9.36 Å². The van der Waals surface area contributed by atoms with Gasteiger partial charge in [0.2, 0.25) is 5.91 Å². The van der Waals surface area contributed by atoms with Crippen LogP contribution < -0.4 is 11.0 Å². The lowest BCUT2D eigenvalue weighted by atomic mass is 10.3. The third-order valence-electron chi connectivity index (χ3n) is 3.14. The number of para-hydroxylation sites is 1. The van der Waals surface area contributed by atoms with Gasteiger partial charge in [-0.3, -0.25) is 4.79 Å². The molecule has 1 aromatic heterocycles. The molecule has 122 valence electrons. The van der Waals surface area contributed by atoms with Crippen molar-refractivity contribution in [1.82, 2.24) is 19.8 Å². The number of aromatic nitrogens is 4. The number of rotatable bonds is 4. The highest BCUT2D eigenvalue weighted by molar-refractivity contribution is 6.32. The van der Waals surface area contributed by atoms with Crippen LogP contribution in [0, 0.1) is 5.82 Å². The first kappa shape index (κ1) is 15.9. The molecule has 0 aliphatic rings. The molecular formula is C15H11ClFN5O2. The smallest absolute Gasteiger partial charge is 0.324 e. The number of nitrogens with zero attached hydrogens (tertiary/aromatic N) is 4. The highest BCUT2D eigenvalue weighted by Gasteiger charge is 2.14. The Morgan fingerprint density at radius 1 is 1.12 bits per heavy atom. The largest absolute Gasteiger partial charge is 0.369 e. The van der Waals surface area contributed by atoms with E-state index in [-0.39, 0.29) is 6.54 Å². The molecule has 0 saturated heterocycles. The Bertz CT molecular complexity index is 936. The third-order valence-corrected chi connectivity index (χ3v) is 3.46. The number of amides is 1. The summed E-state index contributed by atoms with van der Waals surface area (Å²) in [5, 5.41) is 10.3. The van der Waals surface area contributed by atoms with Gasteiger partial charge in [-0.15, -0.1) is 0 Å². The quantitative estimate of drug-likeness (QED) is 0.781. The normalized spacial score (nSPS) is 10.6. The molecule has 24 heavy (non-hydrogen) atoms. The number of carbonyl (C=O) groups is 1. The first-order chi connectivity index (χ1) is 11.5. The molecule has 3 rings (SSSR count). The van der Waals surface area contributed by atoms with Crippen LogP contribution in [0.15, 0.2) is 53.3 Å². The Balaban J connectivity index is 1.77. The minimum atomic E-state index is -0.600. The Labute approximate surface area is 140 Å². The lowest BCUT2D eigenvalue weighted by Crippen LogP contribution is -2.29. The van der Waals surface area contributed by atoms with Gasteiger partial charge in [-0.05, 0) is 46.8 Å². The molecule has 3 aromatic rings. The third kappa shape index (κ3) is 3.33. The molecule has 0 radical (unpaired) electrons. The van der Waals surface area contributed by atoms with Crippen molar-refractivity contribution in [3.63, 3.8) is 0 Å². The van der Waals surface area contributed by atoms with Gasteiger partial charge in [0.05, 0.1) is 10.7 Å². The Kier molecular flexibility index (Phi) is 4.39. The van der Waals surface area contributed by atoms with Crippen molar-refractivity contribution in [3.05, 3.63) is 69.9 Å². The van der Waals surface area contributed by atoms with Gasteiger partial charge in [-0.25, -0.2) is 9.18 Å². The molecule has 7 nitrogen and oxygen atoms in total. The van der Waals surface area contributed by atoms with Crippen molar-refractivity contribution in [2.24, 2.45) is 0 Å². The number of halogens is 2. The fourth-order valence-electron chi connectivity index (χ4n) is 2.02. The monoisotopic (exact) mass is 347 g/mol. The number of carbonyl (C=O) groups excluding carboxylic acids is 1. The molecule has 1 amide bonds. The standard InChI is InChI=1S/C15H11ClFN5O2/c16-12-3-1-2-4-13(12)22-15(24)21(19-20-22)9-14(23)18-11-7-5-10(17)6-8-11/h1-8H,9H2,(H,18,23). The van der Waals surface area contributed by atoms with E-state index >= 15 is 0 Å². The van der Waals surface area contributed by atoms with Crippen molar-refractivity contribution in [2.75, 3.05) is 5.32 Å². The predicted octanol–water partition coefficient (Wildman–Crippen LogP) is 1.86. The zero-order chi connectivity index (χ0) is 17.1. The number of benzene rings is 2. The van der Waals surface area contributed by atoms with E-state index in [1.165, 1.54) is 24.3 Å². The van der Waals surface area contributed by atoms with Crippen LogP contribution in [0.3, 0.4) is 0 Å². The summed E-state index contributed by atoms with van der Waals surface area (Å²) in [4.78, 5) is 24.2. The highest BCUT2D eigenvalue weighted by Crippen LogP contribution is 2.16. The van der Waals surface area contributed by atoms with Gasteiger partial charge in [0.15, 0.2) is 0 Å². The number of hydrogen-bond donors (Lipinski definition) is 1. The number of hydrogen-bond acceptors (Lipinski definition) is 4. The zero-order valence-corrected chi connectivity index (χ0v) is 12.9. The van der Waals surface area contributed by atoms with E-state index in [1.807, 2.05) is 0 Å². The fourth-order valence-corrected chi connectivity index (χ4v) is 2.23. The lowest BCUT2D eigenvalue weighted by molar-refractivity contribution is -0.117. The molecule has 2 aromatic carbocycles. The minimum Gasteiger partial charge on any atom is -0.324 e. The molecule has 9 heteroatoms. The molecule has 0 fully saturated rings. The fraction of sp³-hybridized carbons (Fsp3) is 0.0667. The van der Waals surface area contributed by atoms with Crippen LogP contribution in [0.4, 0.5) is 10.1 Å². The molecule has 0 bridgehead atoms. The van der Waals surface area contributed by atoms with E-state index in [4.69, 9.17) is 11.6 Å². The maximum atomic E-state index is 12.8. The van der Waals surface area contributed by atoms with E-state index in [1.54, 1.807) is 24.3 Å². The van der Waals surface area contributed by atoms with Gasteiger partial charge < -0.3 is 5.32 Å². The van der Waals surface area contributed by atoms with Crippen LogP contribution in [0.25, 0.3) is 5.69 Å². The van der Waals surface area contributed by atoms with Crippen molar-refractivity contribution in [2.45, 2.75) is 6.54 Å².